The number of fused-ring (bicyclic) bond motifs is 5. The van der Waals surface area contributed by atoms with Crippen LogP contribution in [-0.4, -0.2) is 19.1 Å². The fourth-order valence-corrected chi connectivity index (χ4v) is 7.26. The molecular formula is C40H24N4. The smallest absolute Gasteiger partial charge is 0.138 e. The Balaban J connectivity index is 1.36. The van der Waals surface area contributed by atoms with Crippen molar-refractivity contribution in [2.75, 3.05) is 0 Å². The third-order valence-corrected chi connectivity index (χ3v) is 9.13. The molecule has 4 nitrogen and oxygen atoms in total. The van der Waals surface area contributed by atoms with E-state index >= 15 is 0 Å². The second kappa shape index (κ2) is 8.76. The molecule has 0 fully saturated rings. The fourth-order valence-electron chi connectivity index (χ4n) is 7.26. The molecule has 0 unspecified atom stereocenters. The molecule has 0 aliphatic rings. The van der Waals surface area contributed by atoms with E-state index in [2.05, 4.69) is 137 Å². The van der Waals surface area contributed by atoms with Gasteiger partial charge in [0.15, 0.2) is 0 Å². The fraction of sp³-hybridized carbons (Fsp3) is 0. The Morgan fingerprint density at radius 2 is 1.14 bits per heavy atom. The van der Waals surface area contributed by atoms with Crippen molar-refractivity contribution < 1.29 is 0 Å². The van der Waals surface area contributed by atoms with Crippen molar-refractivity contribution in [3.8, 4) is 22.8 Å². The van der Waals surface area contributed by atoms with Crippen molar-refractivity contribution in [3.05, 3.63) is 146 Å². The SMILES string of the molecule is c1ccc(-n2c3ccccc3c3c2cc2ccc4cccc5c4c2c3n5-c2cc(-c3ccc4ccccc4c3)ccn2)nc1. The normalized spacial score (nSPS) is 12.1. The van der Waals surface area contributed by atoms with Crippen molar-refractivity contribution in [1.29, 1.82) is 0 Å². The van der Waals surface area contributed by atoms with Gasteiger partial charge in [0.1, 0.15) is 11.6 Å². The van der Waals surface area contributed by atoms with E-state index in [1.54, 1.807) is 0 Å². The van der Waals surface area contributed by atoms with E-state index in [0.717, 1.165) is 33.7 Å². The van der Waals surface area contributed by atoms with Crippen LogP contribution in [0.15, 0.2) is 146 Å². The summed E-state index contributed by atoms with van der Waals surface area (Å²) in [5.41, 5.74) is 6.93. The van der Waals surface area contributed by atoms with E-state index < -0.39 is 0 Å². The number of nitrogens with zero attached hydrogens (tertiary/aromatic N) is 4. The van der Waals surface area contributed by atoms with Gasteiger partial charge in [-0.25, -0.2) is 9.97 Å². The van der Waals surface area contributed by atoms with Crippen LogP contribution in [0.3, 0.4) is 0 Å². The second-order valence-corrected chi connectivity index (χ2v) is 11.5. The van der Waals surface area contributed by atoms with E-state index in [1.165, 1.54) is 54.2 Å². The summed E-state index contributed by atoms with van der Waals surface area (Å²) in [4.78, 5) is 9.81. The largest absolute Gasteiger partial charge is 0.294 e. The Morgan fingerprint density at radius 1 is 0.386 bits per heavy atom. The number of rotatable bonds is 3. The van der Waals surface area contributed by atoms with Gasteiger partial charge in [-0.05, 0) is 81.2 Å². The zero-order valence-electron chi connectivity index (χ0n) is 23.6. The first-order valence-corrected chi connectivity index (χ1v) is 14.9. The molecular weight excluding hydrogens is 536 g/mol. The molecule has 4 heterocycles. The minimum Gasteiger partial charge on any atom is -0.294 e. The molecule has 0 amide bonds. The first-order valence-electron chi connectivity index (χ1n) is 14.9. The van der Waals surface area contributed by atoms with Gasteiger partial charge < -0.3 is 0 Å². The lowest BCUT2D eigenvalue weighted by atomic mass is 9.99. The van der Waals surface area contributed by atoms with Crippen LogP contribution in [0.2, 0.25) is 0 Å². The van der Waals surface area contributed by atoms with Crippen molar-refractivity contribution >= 4 is 65.2 Å². The maximum Gasteiger partial charge on any atom is 0.138 e. The van der Waals surface area contributed by atoms with E-state index in [4.69, 9.17) is 9.97 Å². The summed E-state index contributed by atoms with van der Waals surface area (Å²) >= 11 is 0. The molecule has 6 aromatic carbocycles. The quantitative estimate of drug-likeness (QED) is 0.202. The van der Waals surface area contributed by atoms with E-state index in [1.807, 2.05) is 18.5 Å². The standard InChI is InChI=1S/C40H24N4/c1-2-9-27-22-28(17-15-25(27)8-1)29-19-21-42-36(24-29)44-33-13-7-10-26-16-18-30-23-34-39(40(44)38(30)37(26)33)31-11-3-4-12-32(31)43(34)35-14-5-6-20-41-35/h1-24H. The number of hydrogen-bond acceptors (Lipinski definition) is 2. The molecule has 10 aromatic rings. The average molecular weight is 561 g/mol. The van der Waals surface area contributed by atoms with Gasteiger partial charge in [-0.2, -0.15) is 0 Å². The summed E-state index contributed by atoms with van der Waals surface area (Å²) in [6.45, 7) is 0. The highest BCUT2D eigenvalue weighted by atomic mass is 15.1. The molecule has 0 aliphatic heterocycles. The number of para-hydroxylation sites is 1. The molecule has 0 bridgehead atoms. The first kappa shape index (κ1) is 23.6. The van der Waals surface area contributed by atoms with Crippen LogP contribution >= 0.6 is 0 Å². The Kier molecular flexibility index (Phi) is 4.69. The molecule has 0 aliphatic carbocycles. The molecule has 0 N–H and O–H groups in total. The summed E-state index contributed by atoms with van der Waals surface area (Å²) in [6, 6.07) is 47.8. The molecule has 0 spiro atoms. The van der Waals surface area contributed by atoms with E-state index in [9.17, 15) is 0 Å². The molecule has 0 radical (unpaired) electrons. The van der Waals surface area contributed by atoms with Gasteiger partial charge in [-0.1, -0.05) is 84.9 Å². The Morgan fingerprint density at radius 3 is 2.07 bits per heavy atom. The van der Waals surface area contributed by atoms with Gasteiger partial charge in [0.2, 0.25) is 0 Å². The van der Waals surface area contributed by atoms with Crippen molar-refractivity contribution in [3.63, 3.8) is 0 Å². The topological polar surface area (TPSA) is 35.6 Å². The Hall–Kier alpha value is -6.00. The molecule has 10 rings (SSSR count). The number of aromatic nitrogens is 4. The minimum absolute atomic E-state index is 0.905. The van der Waals surface area contributed by atoms with Gasteiger partial charge in [-0.3, -0.25) is 9.13 Å². The van der Waals surface area contributed by atoms with Gasteiger partial charge in [-0.15, -0.1) is 0 Å². The summed E-state index contributed by atoms with van der Waals surface area (Å²) in [5, 5.41) is 9.87. The van der Waals surface area contributed by atoms with Gasteiger partial charge in [0.25, 0.3) is 0 Å². The minimum atomic E-state index is 0.905. The van der Waals surface area contributed by atoms with Crippen LogP contribution < -0.4 is 0 Å². The van der Waals surface area contributed by atoms with Crippen LogP contribution in [-0.2, 0) is 0 Å². The maximum atomic E-state index is 5.02. The molecule has 0 saturated heterocycles. The Bertz CT molecular complexity index is 2710. The summed E-state index contributed by atoms with van der Waals surface area (Å²) < 4.78 is 4.68. The zero-order valence-corrected chi connectivity index (χ0v) is 23.6. The number of benzene rings is 6. The maximum absolute atomic E-state index is 5.02. The lowest BCUT2D eigenvalue weighted by molar-refractivity contribution is 1.08. The third kappa shape index (κ3) is 3.17. The first-order chi connectivity index (χ1) is 21.8. The van der Waals surface area contributed by atoms with E-state index in [-0.39, 0.29) is 0 Å². The third-order valence-electron chi connectivity index (χ3n) is 9.13. The van der Waals surface area contributed by atoms with Crippen molar-refractivity contribution in [1.82, 2.24) is 19.1 Å². The molecule has 44 heavy (non-hydrogen) atoms. The number of pyridine rings is 2. The van der Waals surface area contributed by atoms with Crippen LogP contribution in [0.1, 0.15) is 0 Å². The zero-order chi connectivity index (χ0) is 28.8. The predicted octanol–water partition coefficient (Wildman–Crippen LogP) is 10.1. The second-order valence-electron chi connectivity index (χ2n) is 11.5. The summed E-state index contributed by atoms with van der Waals surface area (Å²) in [5.74, 6) is 1.81. The Labute approximate surface area is 252 Å². The van der Waals surface area contributed by atoms with Gasteiger partial charge in [0.05, 0.1) is 22.1 Å². The van der Waals surface area contributed by atoms with Gasteiger partial charge >= 0.3 is 0 Å². The summed E-state index contributed by atoms with van der Waals surface area (Å²) in [6.07, 6.45) is 3.81. The summed E-state index contributed by atoms with van der Waals surface area (Å²) in [7, 11) is 0. The monoisotopic (exact) mass is 560 g/mol. The van der Waals surface area contributed by atoms with Crippen LogP contribution in [0, 0.1) is 0 Å². The van der Waals surface area contributed by atoms with Crippen LogP contribution in [0.25, 0.3) is 87.9 Å². The highest BCUT2D eigenvalue weighted by Gasteiger charge is 2.24. The van der Waals surface area contributed by atoms with Crippen LogP contribution in [0.4, 0.5) is 0 Å². The van der Waals surface area contributed by atoms with Crippen molar-refractivity contribution in [2.24, 2.45) is 0 Å². The molecule has 0 saturated carbocycles. The predicted molar refractivity (Wildman–Crippen MR) is 182 cm³/mol. The average Bonchev–Trinajstić information content (AvgIpc) is 3.61. The molecule has 204 valence electrons. The lowest BCUT2D eigenvalue weighted by Gasteiger charge is -2.11. The molecule has 4 aromatic heterocycles. The van der Waals surface area contributed by atoms with E-state index in [0.29, 0.717) is 0 Å². The molecule has 4 heteroatoms. The highest BCUT2D eigenvalue weighted by Crippen LogP contribution is 2.45. The highest BCUT2D eigenvalue weighted by molar-refractivity contribution is 6.33. The van der Waals surface area contributed by atoms with Crippen molar-refractivity contribution in [2.45, 2.75) is 0 Å². The van der Waals surface area contributed by atoms with Gasteiger partial charge in [0, 0.05) is 33.9 Å². The number of hydrogen-bond donors (Lipinski definition) is 0. The lowest BCUT2D eigenvalue weighted by Crippen LogP contribution is -1.99. The molecule has 0 atom stereocenters. The van der Waals surface area contributed by atoms with Crippen LogP contribution in [0.5, 0.6) is 0 Å².